The number of rotatable bonds is 8. The minimum Gasteiger partial charge on any atom is -0.494 e. The van der Waals surface area contributed by atoms with Gasteiger partial charge in [0.05, 0.1) is 6.61 Å². The molecule has 4 heteroatoms. The molecule has 2 aromatic carbocycles. The standard InChI is InChI=1S/C18H20O4/c1-2-3-11-21-15-9-10-17(16(12-15)18(19)20)22-13-14-7-5-4-6-8-14/h4-10,12H,2-3,11,13H2,1H3,(H,19,20). The van der Waals surface area contributed by atoms with E-state index in [2.05, 4.69) is 6.92 Å². The number of carboxylic acid groups (broad SMARTS) is 1. The van der Waals surface area contributed by atoms with E-state index in [9.17, 15) is 9.90 Å². The Morgan fingerprint density at radius 2 is 1.86 bits per heavy atom. The summed E-state index contributed by atoms with van der Waals surface area (Å²) in [6, 6.07) is 14.5. The molecule has 0 radical (unpaired) electrons. The normalized spacial score (nSPS) is 10.2. The van der Waals surface area contributed by atoms with E-state index < -0.39 is 5.97 Å². The van der Waals surface area contributed by atoms with Crippen LogP contribution in [0, 0.1) is 0 Å². The molecule has 0 unspecified atom stereocenters. The molecule has 22 heavy (non-hydrogen) atoms. The Hall–Kier alpha value is -2.49. The molecule has 0 amide bonds. The number of unbranched alkanes of at least 4 members (excludes halogenated alkanes) is 1. The Balaban J connectivity index is 2.08. The molecule has 116 valence electrons. The molecule has 0 heterocycles. The fraction of sp³-hybridized carbons (Fsp3) is 0.278. The van der Waals surface area contributed by atoms with Crippen molar-refractivity contribution in [2.45, 2.75) is 26.4 Å². The van der Waals surface area contributed by atoms with Crippen molar-refractivity contribution < 1.29 is 19.4 Å². The summed E-state index contributed by atoms with van der Waals surface area (Å²) in [5.74, 6) is -0.124. The second kappa shape index (κ2) is 8.08. The molecule has 0 fully saturated rings. The summed E-state index contributed by atoms with van der Waals surface area (Å²) < 4.78 is 11.2. The summed E-state index contributed by atoms with van der Waals surface area (Å²) in [6.07, 6.45) is 1.97. The fourth-order valence-electron chi connectivity index (χ4n) is 1.96. The minimum atomic E-state index is -1.02. The zero-order valence-corrected chi connectivity index (χ0v) is 12.6. The second-order valence-corrected chi connectivity index (χ2v) is 4.94. The van der Waals surface area contributed by atoms with Crippen LogP contribution in [0.5, 0.6) is 11.5 Å². The van der Waals surface area contributed by atoms with Gasteiger partial charge in [0.1, 0.15) is 23.7 Å². The number of benzene rings is 2. The van der Waals surface area contributed by atoms with Crippen LogP contribution in [-0.4, -0.2) is 17.7 Å². The lowest BCUT2D eigenvalue weighted by atomic mass is 10.2. The van der Waals surface area contributed by atoms with Crippen molar-refractivity contribution in [1.29, 1.82) is 0 Å². The predicted molar refractivity (Wildman–Crippen MR) is 84.6 cm³/mol. The van der Waals surface area contributed by atoms with Crippen molar-refractivity contribution in [3.8, 4) is 11.5 Å². The summed E-state index contributed by atoms with van der Waals surface area (Å²) in [7, 11) is 0. The van der Waals surface area contributed by atoms with Crippen molar-refractivity contribution >= 4 is 5.97 Å². The number of hydrogen-bond donors (Lipinski definition) is 1. The number of ether oxygens (including phenoxy) is 2. The van der Waals surface area contributed by atoms with Crippen LogP contribution < -0.4 is 9.47 Å². The molecule has 2 rings (SSSR count). The van der Waals surface area contributed by atoms with Gasteiger partial charge in [0, 0.05) is 0 Å². The van der Waals surface area contributed by atoms with Crippen LogP contribution in [0.1, 0.15) is 35.7 Å². The first-order valence-corrected chi connectivity index (χ1v) is 7.37. The summed E-state index contributed by atoms with van der Waals surface area (Å²) in [5, 5.41) is 9.32. The fourth-order valence-corrected chi connectivity index (χ4v) is 1.96. The quantitative estimate of drug-likeness (QED) is 0.744. The zero-order valence-electron chi connectivity index (χ0n) is 12.6. The lowest BCUT2D eigenvalue weighted by molar-refractivity contribution is 0.0691. The third-order valence-corrected chi connectivity index (χ3v) is 3.19. The Morgan fingerprint density at radius 3 is 2.55 bits per heavy atom. The van der Waals surface area contributed by atoms with Gasteiger partial charge in [-0.05, 0) is 30.2 Å². The molecule has 0 saturated carbocycles. The zero-order chi connectivity index (χ0) is 15.8. The molecular formula is C18H20O4. The van der Waals surface area contributed by atoms with Gasteiger partial charge >= 0.3 is 5.97 Å². The molecule has 4 nitrogen and oxygen atoms in total. The van der Waals surface area contributed by atoms with Gasteiger partial charge in [0.15, 0.2) is 0 Å². The molecule has 1 N–H and O–H groups in total. The maximum Gasteiger partial charge on any atom is 0.339 e. The Morgan fingerprint density at radius 1 is 1.09 bits per heavy atom. The van der Waals surface area contributed by atoms with Crippen molar-refractivity contribution in [2.24, 2.45) is 0 Å². The van der Waals surface area contributed by atoms with Crippen LogP contribution in [0.25, 0.3) is 0 Å². The molecular weight excluding hydrogens is 280 g/mol. The molecule has 0 saturated heterocycles. The molecule has 0 aromatic heterocycles. The van der Waals surface area contributed by atoms with Crippen LogP contribution in [0.2, 0.25) is 0 Å². The van der Waals surface area contributed by atoms with Crippen LogP contribution in [0.3, 0.4) is 0 Å². The van der Waals surface area contributed by atoms with Gasteiger partial charge in [-0.2, -0.15) is 0 Å². The number of carboxylic acids is 1. The first-order chi connectivity index (χ1) is 10.7. The first-order valence-electron chi connectivity index (χ1n) is 7.37. The summed E-state index contributed by atoms with van der Waals surface area (Å²) in [4.78, 5) is 11.4. The van der Waals surface area contributed by atoms with E-state index in [4.69, 9.17) is 9.47 Å². The van der Waals surface area contributed by atoms with Crippen LogP contribution >= 0.6 is 0 Å². The van der Waals surface area contributed by atoms with E-state index in [1.54, 1.807) is 12.1 Å². The lowest BCUT2D eigenvalue weighted by Gasteiger charge is -2.11. The van der Waals surface area contributed by atoms with Gasteiger partial charge in [0.25, 0.3) is 0 Å². The minimum absolute atomic E-state index is 0.116. The number of carbonyl (C=O) groups is 1. The highest BCUT2D eigenvalue weighted by Gasteiger charge is 2.13. The highest BCUT2D eigenvalue weighted by molar-refractivity contribution is 5.91. The lowest BCUT2D eigenvalue weighted by Crippen LogP contribution is -2.05. The number of aromatic carboxylic acids is 1. The van der Waals surface area contributed by atoms with Gasteiger partial charge < -0.3 is 14.6 Å². The monoisotopic (exact) mass is 300 g/mol. The largest absolute Gasteiger partial charge is 0.494 e. The van der Waals surface area contributed by atoms with Crippen molar-refractivity contribution in [2.75, 3.05) is 6.61 Å². The topological polar surface area (TPSA) is 55.8 Å². The van der Waals surface area contributed by atoms with Gasteiger partial charge in [-0.15, -0.1) is 0 Å². The Kier molecular flexibility index (Phi) is 5.83. The smallest absolute Gasteiger partial charge is 0.339 e. The van der Waals surface area contributed by atoms with E-state index in [1.165, 1.54) is 6.07 Å². The van der Waals surface area contributed by atoms with Gasteiger partial charge in [0.2, 0.25) is 0 Å². The van der Waals surface area contributed by atoms with Gasteiger partial charge in [-0.3, -0.25) is 0 Å². The summed E-state index contributed by atoms with van der Waals surface area (Å²) in [6.45, 7) is 2.99. The average molecular weight is 300 g/mol. The van der Waals surface area contributed by atoms with Crippen LogP contribution in [0.4, 0.5) is 0 Å². The summed E-state index contributed by atoms with van der Waals surface area (Å²) in [5.41, 5.74) is 1.10. The molecule has 0 atom stereocenters. The molecule has 0 aliphatic rings. The average Bonchev–Trinajstić information content (AvgIpc) is 2.54. The van der Waals surface area contributed by atoms with E-state index in [0.717, 1.165) is 18.4 Å². The highest BCUT2D eigenvalue weighted by Crippen LogP contribution is 2.25. The van der Waals surface area contributed by atoms with Crippen LogP contribution in [-0.2, 0) is 6.61 Å². The molecule has 2 aromatic rings. The van der Waals surface area contributed by atoms with Crippen LogP contribution in [0.15, 0.2) is 48.5 Å². The number of hydrogen-bond acceptors (Lipinski definition) is 3. The maximum absolute atomic E-state index is 11.4. The van der Waals surface area contributed by atoms with Gasteiger partial charge in [-0.25, -0.2) is 4.79 Å². The maximum atomic E-state index is 11.4. The van der Waals surface area contributed by atoms with Crippen molar-refractivity contribution in [1.82, 2.24) is 0 Å². The molecule has 0 spiro atoms. The third kappa shape index (κ3) is 4.52. The van der Waals surface area contributed by atoms with E-state index >= 15 is 0 Å². The first kappa shape index (κ1) is 15.9. The van der Waals surface area contributed by atoms with Crippen molar-refractivity contribution in [3.63, 3.8) is 0 Å². The second-order valence-electron chi connectivity index (χ2n) is 4.94. The van der Waals surface area contributed by atoms with Crippen molar-refractivity contribution in [3.05, 3.63) is 59.7 Å². The Bertz CT molecular complexity index is 608. The highest BCUT2D eigenvalue weighted by atomic mass is 16.5. The molecule has 0 aliphatic carbocycles. The summed E-state index contributed by atoms with van der Waals surface area (Å²) >= 11 is 0. The predicted octanol–water partition coefficient (Wildman–Crippen LogP) is 4.14. The SMILES string of the molecule is CCCCOc1ccc(OCc2ccccc2)c(C(=O)O)c1. The van der Waals surface area contributed by atoms with E-state index in [-0.39, 0.29) is 5.56 Å². The van der Waals surface area contributed by atoms with E-state index in [0.29, 0.717) is 24.7 Å². The van der Waals surface area contributed by atoms with E-state index in [1.807, 2.05) is 30.3 Å². The molecule has 0 bridgehead atoms. The Labute approximate surface area is 130 Å². The van der Waals surface area contributed by atoms with Gasteiger partial charge in [-0.1, -0.05) is 43.7 Å². The molecule has 0 aliphatic heterocycles. The third-order valence-electron chi connectivity index (χ3n) is 3.19.